The number of carbonyl (C=O) groups is 1. The van der Waals surface area contributed by atoms with Crippen LogP contribution < -0.4 is 0 Å². The van der Waals surface area contributed by atoms with Crippen LogP contribution in [-0.4, -0.2) is 11.1 Å². The fraction of sp³-hybridized carbons (Fsp3) is 0.421. The van der Waals surface area contributed by atoms with Crippen molar-refractivity contribution in [1.82, 2.24) is 0 Å². The monoisotopic (exact) mass is 288 g/mol. The Labute approximate surface area is 129 Å². The largest absolute Gasteiger partial charge is 0.481 e. The van der Waals surface area contributed by atoms with Gasteiger partial charge in [0.05, 0.1) is 0 Å². The average molecular weight is 288 g/mol. The SMILES string of the molecule is C=C(/C=C(/CC)CCC(=O)O)c1cccc(CC)c1.CC. The first-order valence-corrected chi connectivity index (χ1v) is 7.76. The second kappa shape index (κ2) is 10.9. The van der Waals surface area contributed by atoms with E-state index in [0.29, 0.717) is 6.42 Å². The van der Waals surface area contributed by atoms with Crippen LogP contribution in [0.2, 0.25) is 0 Å². The van der Waals surface area contributed by atoms with Gasteiger partial charge in [0.1, 0.15) is 0 Å². The van der Waals surface area contributed by atoms with Gasteiger partial charge in [0, 0.05) is 6.42 Å². The molecule has 0 aliphatic carbocycles. The standard InChI is InChI=1S/C17H22O2.C2H6/c1-4-14-7-6-8-16(12-14)13(3)11-15(5-2)9-10-17(18)19;1-2/h6-8,11-12H,3-5,9-10H2,1-2H3,(H,18,19);1-2H3/b15-11-;. The summed E-state index contributed by atoms with van der Waals surface area (Å²) in [4.78, 5) is 10.6. The fourth-order valence-electron chi connectivity index (χ4n) is 1.94. The number of rotatable bonds is 7. The third kappa shape index (κ3) is 7.50. The lowest BCUT2D eigenvalue weighted by atomic mass is 9.99. The summed E-state index contributed by atoms with van der Waals surface area (Å²) >= 11 is 0. The molecule has 0 aliphatic heterocycles. The molecule has 0 saturated carbocycles. The first-order valence-electron chi connectivity index (χ1n) is 7.76. The molecule has 1 aromatic carbocycles. The molecule has 21 heavy (non-hydrogen) atoms. The number of allylic oxidation sites excluding steroid dienone is 3. The van der Waals surface area contributed by atoms with E-state index in [-0.39, 0.29) is 6.42 Å². The minimum Gasteiger partial charge on any atom is -0.481 e. The third-order valence-electron chi connectivity index (χ3n) is 3.20. The lowest BCUT2D eigenvalue weighted by molar-refractivity contribution is -0.136. The summed E-state index contributed by atoms with van der Waals surface area (Å²) in [6.45, 7) is 12.3. The molecule has 0 unspecified atom stereocenters. The molecular formula is C19H28O2. The van der Waals surface area contributed by atoms with Crippen LogP contribution in [0.15, 0.2) is 42.5 Å². The van der Waals surface area contributed by atoms with Crippen LogP contribution in [0, 0.1) is 0 Å². The maximum atomic E-state index is 10.6. The number of benzene rings is 1. The summed E-state index contributed by atoms with van der Waals surface area (Å²) < 4.78 is 0. The number of hydrogen-bond acceptors (Lipinski definition) is 1. The van der Waals surface area contributed by atoms with Gasteiger partial charge in [0.25, 0.3) is 0 Å². The van der Waals surface area contributed by atoms with Gasteiger partial charge in [-0.25, -0.2) is 0 Å². The molecule has 1 N–H and O–H groups in total. The van der Waals surface area contributed by atoms with Crippen molar-refractivity contribution in [1.29, 1.82) is 0 Å². The molecule has 2 nitrogen and oxygen atoms in total. The molecular weight excluding hydrogens is 260 g/mol. The molecule has 0 atom stereocenters. The molecule has 0 spiro atoms. The first kappa shape index (κ1) is 19.2. The van der Waals surface area contributed by atoms with Gasteiger partial charge < -0.3 is 5.11 Å². The van der Waals surface area contributed by atoms with Crippen molar-refractivity contribution in [2.24, 2.45) is 0 Å². The predicted octanol–water partition coefficient (Wildman–Crippen LogP) is 5.49. The molecule has 0 fully saturated rings. The van der Waals surface area contributed by atoms with Crippen molar-refractivity contribution in [3.8, 4) is 0 Å². The van der Waals surface area contributed by atoms with Crippen LogP contribution in [0.4, 0.5) is 0 Å². The number of hydrogen-bond donors (Lipinski definition) is 1. The minimum absolute atomic E-state index is 0.182. The van der Waals surface area contributed by atoms with Crippen molar-refractivity contribution in [2.45, 2.75) is 53.4 Å². The third-order valence-corrected chi connectivity index (χ3v) is 3.20. The maximum absolute atomic E-state index is 10.6. The van der Waals surface area contributed by atoms with Crippen LogP contribution in [0.1, 0.15) is 58.1 Å². The van der Waals surface area contributed by atoms with Crippen molar-refractivity contribution in [3.63, 3.8) is 0 Å². The van der Waals surface area contributed by atoms with Gasteiger partial charge in [0.2, 0.25) is 0 Å². The molecule has 0 aliphatic rings. The summed E-state index contributed by atoms with van der Waals surface area (Å²) in [5.41, 5.74) is 4.49. The molecule has 2 heteroatoms. The summed E-state index contributed by atoms with van der Waals surface area (Å²) in [5, 5.41) is 8.73. The zero-order valence-electron chi connectivity index (χ0n) is 13.8. The molecule has 0 radical (unpaired) electrons. The van der Waals surface area contributed by atoms with E-state index in [1.165, 1.54) is 5.56 Å². The number of carboxylic acid groups (broad SMARTS) is 1. The summed E-state index contributed by atoms with van der Waals surface area (Å²) in [7, 11) is 0. The highest BCUT2D eigenvalue weighted by atomic mass is 16.4. The molecule has 0 amide bonds. The van der Waals surface area contributed by atoms with Gasteiger partial charge >= 0.3 is 5.97 Å². The van der Waals surface area contributed by atoms with Crippen molar-refractivity contribution in [2.75, 3.05) is 0 Å². The zero-order chi connectivity index (χ0) is 16.3. The maximum Gasteiger partial charge on any atom is 0.303 e. The van der Waals surface area contributed by atoms with Gasteiger partial charge in [-0.05, 0) is 36.0 Å². The van der Waals surface area contributed by atoms with Crippen LogP contribution in [-0.2, 0) is 11.2 Å². The Morgan fingerprint density at radius 2 is 1.90 bits per heavy atom. The molecule has 0 aromatic heterocycles. The Balaban J connectivity index is 0.00000191. The Bertz CT molecular complexity index is 484. The number of aliphatic carboxylic acids is 1. The van der Waals surface area contributed by atoms with Crippen LogP contribution in [0.5, 0.6) is 0 Å². The summed E-state index contributed by atoms with van der Waals surface area (Å²) in [5.74, 6) is -0.752. The predicted molar refractivity (Wildman–Crippen MR) is 91.4 cm³/mol. The van der Waals surface area contributed by atoms with E-state index in [1.807, 2.05) is 39.0 Å². The second-order valence-electron chi connectivity index (χ2n) is 4.63. The molecule has 116 valence electrons. The topological polar surface area (TPSA) is 37.3 Å². The Morgan fingerprint density at radius 1 is 1.24 bits per heavy atom. The highest BCUT2D eigenvalue weighted by Crippen LogP contribution is 2.20. The molecule has 1 rings (SSSR count). The molecule has 1 aromatic rings. The lowest BCUT2D eigenvalue weighted by Crippen LogP contribution is -1.95. The van der Waals surface area contributed by atoms with Gasteiger partial charge in [-0.2, -0.15) is 0 Å². The second-order valence-corrected chi connectivity index (χ2v) is 4.63. The quantitative estimate of drug-likeness (QED) is 0.674. The van der Waals surface area contributed by atoms with Gasteiger partial charge in [-0.15, -0.1) is 0 Å². The van der Waals surface area contributed by atoms with Crippen LogP contribution in [0.25, 0.3) is 5.57 Å². The van der Waals surface area contributed by atoms with E-state index in [2.05, 4.69) is 25.6 Å². The Hall–Kier alpha value is -1.83. The zero-order valence-corrected chi connectivity index (χ0v) is 13.8. The molecule has 0 saturated heterocycles. The smallest absolute Gasteiger partial charge is 0.303 e. The number of carboxylic acids is 1. The lowest BCUT2D eigenvalue weighted by Gasteiger charge is -2.07. The van der Waals surface area contributed by atoms with Crippen molar-refractivity contribution >= 4 is 11.5 Å². The summed E-state index contributed by atoms with van der Waals surface area (Å²) in [6, 6.07) is 8.33. The first-order chi connectivity index (χ1) is 10.1. The normalized spacial score (nSPS) is 10.6. The summed E-state index contributed by atoms with van der Waals surface area (Å²) in [6.07, 6.45) is 4.67. The van der Waals surface area contributed by atoms with E-state index < -0.39 is 5.97 Å². The Morgan fingerprint density at radius 3 is 2.43 bits per heavy atom. The highest BCUT2D eigenvalue weighted by molar-refractivity contribution is 5.73. The fourth-order valence-corrected chi connectivity index (χ4v) is 1.94. The molecule has 0 bridgehead atoms. The van der Waals surface area contributed by atoms with Gasteiger partial charge in [-0.1, -0.05) is 70.2 Å². The van der Waals surface area contributed by atoms with E-state index in [1.54, 1.807) is 0 Å². The van der Waals surface area contributed by atoms with Gasteiger partial charge in [0.15, 0.2) is 0 Å². The van der Waals surface area contributed by atoms with Crippen LogP contribution in [0.3, 0.4) is 0 Å². The van der Waals surface area contributed by atoms with E-state index in [9.17, 15) is 4.79 Å². The van der Waals surface area contributed by atoms with E-state index in [4.69, 9.17) is 5.11 Å². The van der Waals surface area contributed by atoms with Crippen LogP contribution >= 0.6 is 0 Å². The average Bonchev–Trinajstić information content (AvgIpc) is 2.53. The molecule has 0 heterocycles. The number of aryl methyl sites for hydroxylation is 1. The van der Waals surface area contributed by atoms with E-state index >= 15 is 0 Å². The van der Waals surface area contributed by atoms with Crippen molar-refractivity contribution in [3.05, 3.63) is 53.6 Å². The Kier molecular flexibility index (Phi) is 9.95. The van der Waals surface area contributed by atoms with Gasteiger partial charge in [-0.3, -0.25) is 4.79 Å². The van der Waals surface area contributed by atoms with E-state index in [0.717, 1.165) is 29.6 Å². The minimum atomic E-state index is -0.752. The highest BCUT2D eigenvalue weighted by Gasteiger charge is 2.03. The van der Waals surface area contributed by atoms with Crippen molar-refractivity contribution < 1.29 is 9.90 Å².